The Morgan fingerprint density at radius 2 is 2.12 bits per heavy atom. The summed E-state index contributed by atoms with van der Waals surface area (Å²) in [4.78, 5) is 25.1. The fourth-order valence-electron chi connectivity index (χ4n) is 2.15. The van der Waals surface area contributed by atoms with Gasteiger partial charge >= 0.3 is 0 Å². The summed E-state index contributed by atoms with van der Waals surface area (Å²) in [6.07, 6.45) is 3.03. The van der Waals surface area contributed by atoms with E-state index in [-0.39, 0.29) is 23.6 Å². The molecule has 1 aromatic heterocycles. The second-order valence-electron chi connectivity index (χ2n) is 4.15. The summed E-state index contributed by atoms with van der Waals surface area (Å²) in [6, 6.07) is 3.21. The van der Waals surface area contributed by atoms with Gasteiger partial charge in [0.05, 0.1) is 6.26 Å². The Balaban J connectivity index is 2.16. The number of carbonyl (C=O) groups is 2. The molecule has 5 nitrogen and oxygen atoms in total. The first-order valence-corrected chi connectivity index (χ1v) is 5.78. The SMILES string of the molecule is CC(=O)N(C(=O)c1ccco1)C1CCNCC1. The molecule has 1 fully saturated rings. The van der Waals surface area contributed by atoms with Crippen LogP contribution in [0.2, 0.25) is 0 Å². The molecule has 1 aromatic rings. The van der Waals surface area contributed by atoms with E-state index >= 15 is 0 Å². The van der Waals surface area contributed by atoms with Crippen LogP contribution in [0.25, 0.3) is 0 Å². The summed E-state index contributed by atoms with van der Waals surface area (Å²) in [5.74, 6) is -0.341. The summed E-state index contributed by atoms with van der Waals surface area (Å²) in [6.45, 7) is 3.09. The molecule has 2 amide bonds. The number of hydrogen-bond donors (Lipinski definition) is 1. The molecule has 0 saturated carbocycles. The highest BCUT2D eigenvalue weighted by molar-refractivity contribution is 6.02. The van der Waals surface area contributed by atoms with Crippen LogP contribution in [-0.4, -0.2) is 35.8 Å². The van der Waals surface area contributed by atoms with Crippen LogP contribution in [0.4, 0.5) is 0 Å². The zero-order valence-corrected chi connectivity index (χ0v) is 9.81. The number of amides is 2. The number of rotatable bonds is 2. The van der Waals surface area contributed by atoms with Gasteiger partial charge in [0, 0.05) is 13.0 Å². The molecule has 0 bridgehead atoms. The lowest BCUT2D eigenvalue weighted by atomic mass is 10.0. The number of piperidine rings is 1. The smallest absolute Gasteiger partial charge is 0.296 e. The fraction of sp³-hybridized carbons (Fsp3) is 0.500. The minimum atomic E-state index is -0.339. The van der Waals surface area contributed by atoms with Gasteiger partial charge in [-0.25, -0.2) is 0 Å². The van der Waals surface area contributed by atoms with Gasteiger partial charge < -0.3 is 9.73 Å². The number of carbonyl (C=O) groups excluding carboxylic acids is 2. The summed E-state index contributed by atoms with van der Waals surface area (Å²) in [5, 5.41) is 3.21. The molecular formula is C12H16N2O3. The number of nitrogens with one attached hydrogen (secondary N) is 1. The van der Waals surface area contributed by atoms with Gasteiger partial charge in [0.15, 0.2) is 5.76 Å². The van der Waals surface area contributed by atoms with E-state index in [0.29, 0.717) is 0 Å². The van der Waals surface area contributed by atoms with E-state index in [1.54, 1.807) is 12.1 Å². The number of hydrogen-bond acceptors (Lipinski definition) is 4. The van der Waals surface area contributed by atoms with Crippen molar-refractivity contribution < 1.29 is 14.0 Å². The zero-order chi connectivity index (χ0) is 12.3. The molecule has 0 aromatic carbocycles. The lowest BCUT2D eigenvalue weighted by Crippen LogP contribution is -2.48. The first-order chi connectivity index (χ1) is 8.20. The van der Waals surface area contributed by atoms with Crippen LogP contribution in [0.5, 0.6) is 0 Å². The second kappa shape index (κ2) is 5.14. The molecule has 0 radical (unpaired) electrons. The van der Waals surface area contributed by atoms with Gasteiger partial charge in [0.1, 0.15) is 0 Å². The van der Waals surface area contributed by atoms with Crippen LogP contribution in [-0.2, 0) is 4.79 Å². The second-order valence-corrected chi connectivity index (χ2v) is 4.15. The lowest BCUT2D eigenvalue weighted by Gasteiger charge is -2.31. The van der Waals surface area contributed by atoms with Gasteiger partial charge in [0.2, 0.25) is 5.91 Å². The van der Waals surface area contributed by atoms with E-state index in [0.717, 1.165) is 25.9 Å². The first-order valence-electron chi connectivity index (χ1n) is 5.78. The molecule has 1 aliphatic heterocycles. The maximum absolute atomic E-state index is 12.1. The average molecular weight is 236 g/mol. The third-order valence-corrected chi connectivity index (χ3v) is 2.96. The highest BCUT2D eigenvalue weighted by Crippen LogP contribution is 2.16. The highest BCUT2D eigenvalue weighted by Gasteiger charge is 2.30. The van der Waals surface area contributed by atoms with E-state index in [9.17, 15) is 9.59 Å². The number of furan rings is 1. The molecule has 2 rings (SSSR count). The topological polar surface area (TPSA) is 62.6 Å². The molecule has 17 heavy (non-hydrogen) atoms. The quantitative estimate of drug-likeness (QED) is 0.832. The van der Waals surface area contributed by atoms with Crippen molar-refractivity contribution in [3.8, 4) is 0 Å². The van der Waals surface area contributed by atoms with Crippen molar-refractivity contribution in [2.24, 2.45) is 0 Å². The van der Waals surface area contributed by atoms with Crippen LogP contribution >= 0.6 is 0 Å². The van der Waals surface area contributed by atoms with Crippen molar-refractivity contribution >= 4 is 11.8 Å². The maximum Gasteiger partial charge on any atom is 0.296 e. The van der Waals surface area contributed by atoms with E-state index < -0.39 is 0 Å². The van der Waals surface area contributed by atoms with Crippen LogP contribution in [0.15, 0.2) is 22.8 Å². The molecule has 1 saturated heterocycles. The molecule has 0 spiro atoms. The Morgan fingerprint density at radius 3 is 2.65 bits per heavy atom. The van der Waals surface area contributed by atoms with Crippen LogP contribution in [0.1, 0.15) is 30.3 Å². The largest absolute Gasteiger partial charge is 0.459 e. The molecule has 0 atom stereocenters. The molecule has 1 aliphatic rings. The normalized spacial score (nSPS) is 16.8. The molecule has 2 heterocycles. The minimum Gasteiger partial charge on any atom is -0.459 e. The monoisotopic (exact) mass is 236 g/mol. The third-order valence-electron chi connectivity index (χ3n) is 2.96. The summed E-state index contributed by atoms with van der Waals surface area (Å²) in [5.41, 5.74) is 0. The van der Waals surface area contributed by atoms with Gasteiger partial charge in [-0.15, -0.1) is 0 Å². The van der Waals surface area contributed by atoms with Crippen LogP contribution in [0, 0.1) is 0 Å². The van der Waals surface area contributed by atoms with Gasteiger partial charge in [-0.1, -0.05) is 0 Å². The van der Waals surface area contributed by atoms with Crippen molar-refractivity contribution in [2.75, 3.05) is 13.1 Å². The summed E-state index contributed by atoms with van der Waals surface area (Å²) in [7, 11) is 0. The van der Waals surface area contributed by atoms with Crippen LogP contribution in [0.3, 0.4) is 0 Å². The summed E-state index contributed by atoms with van der Waals surface area (Å²) >= 11 is 0. The molecule has 0 aliphatic carbocycles. The zero-order valence-electron chi connectivity index (χ0n) is 9.81. The Hall–Kier alpha value is -1.62. The van der Waals surface area contributed by atoms with Gasteiger partial charge in [-0.3, -0.25) is 14.5 Å². The minimum absolute atomic E-state index is 0.0219. The predicted octanol–water partition coefficient (Wildman–Crippen LogP) is 1.02. The summed E-state index contributed by atoms with van der Waals surface area (Å²) < 4.78 is 5.06. The van der Waals surface area contributed by atoms with E-state index in [4.69, 9.17) is 4.42 Å². The Bertz CT molecular complexity index is 394. The number of nitrogens with zero attached hydrogens (tertiary/aromatic N) is 1. The fourth-order valence-corrected chi connectivity index (χ4v) is 2.15. The van der Waals surface area contributed by atoms with E-state index in [1.807, 2.05) is 0 Å². The molecule has 0 unspecified atom stereocenters. The van der Waals surface area contributed by atoms with Crippen LogP contribution < -0.4 is 5.32 Å². The highest BCUT2D eigenvalue weighted by atomic mass is 16.3. The van der Waals surface area contributed by atoms with Crippen molar-refractivity contribution in [3.05, 3.63) is 24.2 Å². The van der Waals surface area contributed by atoms with E-state index in [2.05, 4.69) is 5.32 Å². The van der Waals surface area contributed by atoms with E-state index in [1.165, 1.54) is 18.1 Å². The van der Waals surface area contributed by atoms with Gasteiger partial charge in [0.25, 0.3) is 5.91 Å². The average Bonchev–Trinajstić information content (AvgIpc) is 2.83. The van der Waals surface area contributed by atoms with Gasteiger partial charge in [-0.05, 0) is 38.1 Å². The standard InChI is InChI=1S/C12H16N2O3/c1-9(15)14(10-4-6-13-7-5-10)12(16)11-3-2-8-17-11/h2-3,8,10,13H,4-7H2,1H3. The number of imide groups is 1. The third kappa shape index (κ3) is 2.55. The Kier molecular flexibility index (Phi) is 3.58. The van der Waals surface area contributed by atoms with Crippen molar-refractivity contribution in [1.29, 1.82) is 0 Å². The lowest BCUT2D eigenvalue weighted by molar-refractivity contribution is -0.128. The Labute approximate surface area is 99.8 Å². The van der Waals surface area contributed by atoms with Crippen molar-refractivity contribution in [1.82, 2.24) is 10.2 Å². The molecule has 92 valence electrons. The molecule has 1 N–H and O–H groups in total. The van der Waals surface area contributed by atoms with Crippen molar-refractivity contribution in [3.63, 3.8) is 0 Å². The predicted molar refractivity (Wildman–Crippen MR) is 61.5 cm³/mol. The molecule has 5 heteroatoms. The molecular weight excluding hydrogens is 220 g/mol. The maximum atomic E-state index is 12.1. The van der Waals surface area contributed by atoms with Gasteiger partial charge in [-0.2, -0.15) is 0 Å². The van der Waals surface area contributed by atoms with Crippen molar-refractivity contribution in [2.45, 2.75) is 25.8 Å². The Morgan fingerprint density at radius 1 is 1.41 bits per heavy atom. The first kappa shape index (κ1) is 11.9.